The number of halogens is 1. The molecule has 3 aromatic rings. The van der Waals surface area contributed by atoms with Crippen LogP contribution in [0.2, 0.25) is 5.02 Å². The van der Waals surface area contributed by atoms with Crippen LogP contribution in [0.15, 0.2) is 24.3 Å². The van der Waals surface area contributed by atoms with Crippen LogP contribution in [-0.4, -0.2) is 77.4 Å². The van der Waals surface area contributed by atoms with E-state index in [0.29, 0.717) is 49.2 Å². The molecule has 11 heteroatoms. The molecule has 0 saturated carbocycles. The number of nitrogens with zero attached hydrogens (tertiary/aromatic N) is 5. The van der Waals surface area contributed by atoms with Crippen LogP contribution in [0.5, 0.6) is 5.75 Å². The number of nitrogens with two attached hydrogens (primary N) is 1. The number of piperidine rings is 1. The fourth-order valence-corrected chi connectivity index (χ4v) is 5.91. The Bertz CT molecular complexity index is 1350. The molecule has 3 aliphatic heterocycles. The predicted molar refractivity (Wildman–Crippen MR) is 146 cm³/mol. The molecule has 1 amide bonds. The van der Waals surface area contributed by atoms with Crippen LogP contribution >= 0.6 is 11.6 Å². The van der Waals surface area contributed by atoms with Gasteiger partial charge < -0.3 is 30.3 Å². The summed E-state index contributed by atoms with van der Waals surface area (Å²) < 4.78 is 13.7. The molecule has 6 rings (SSSR count). The fraction of sp³-hybridized carbons (Fsp3) is 0.519. The number of hydrogen-bond acceptors (Lipinski definition) is 8. The summed E-state index contributed by atoms with van der Waals surface area (Å²) in [5.74, 6) is 2.22. The average molecular weight is 540 g/mol. The third kappa shape index (κ3) is 4.76. The smallest absolute Gasteiger partial charge is 0.258 e. The van der Waals surface area contributed by atoms with E-state index in [-0.39, 0.29) is 18.0 Å². The maximum absolute atomic E-state index is 13.9. The van der Waals surface area contributed by atoms with Crippen LogP contribution in [0.3, 0.4) is 0 Å². The van der Waals surface area contributed by atoms with E-state index in [4.69, 9.17) is 36.9 Å². The van der Waals surface area contributed by atoms with E-state index in [2.05, 4.69) is 17.1 Å². The summed E-state index contributed by atoms with van der Waals surface area (Å²) in [6.45, 7) is 6.20. The summed E-state index contributed by atoms with van der Waals surface area (Å²) in [4.78, 5) is 23.1. The minimum absolute atomic E-state index is 0.105. The molecule has 3 aliphatic rings. The Labute approximate surface area is 227 Å². The van der Waals surface area contributed by atoms with Crippen molar-refractivity contribution in [3.63, 3.8) is 0 Å². The lowest BCUT2D eigenvalue weighted by Gasteiger charge is -2.35. The molecule has 38 heavy (non-hydrogen) atoms. The molecule has 3 N–H and O–H groups in total. The summed E-state index contributed by atoms with van der Waals surface area (Å²) in [6, 6.07) is 7.19. The van der Waals surface area contributed by atoms with Crippen LogP contribution < -0.4 is 20.7 Å². The van der Waals surface area contributed by atoms with Crippen LogP contribution in [0.25, 0.3) is 5.65 Å². The maximum atomic E-state index is 13.9. The van der Waals surface area contributed by atoms with Gasteiger partial charge in [-0.05, 0) is 50.8 Å². The molecule has 0 spiro atoms. The fourth-order valence-electron chi connectivity index (χ4n) is 5.73. The number of carbonyl (C=O) groups is 1. The molecule has 5 heterocycles. The highest BCUT2D eigenvalue weighted by molar-refractivity contribution is 6.31. The molecule has 202 valence electrons. The van der Waals surface area contributed by atoms with Crippen LogP contribution in [0.4, 0.5) is 11.6 Å². The third-order valence-corrected chi connectivity index (χ3v) is 7.89. The molecular weight excluding hydrogens is 506 g/mol. The van der Waals surface area contributed by atoms with Crippen molar-refractivity contribution in [1.29, 1.82) is 0 Å². The van der Waals surface area contributed by atoms with Gasteiger partial charge in [-0.3, -0.25) is 4.79 Å². The lowest BCUT2D eigenvalue weighted by atomic mass is 9.98. The monoisotopic (exact) mass is 539 g/mol. The normalized spacial score (nSPS) is 22.8. The number of carbonyl (C=O) groups excluding carboxylic acids is 1. The van der Waals surface area contributed by atoms with Gasteiger partial charge in [-0.1, -0.05) is 11.6 Å². The Balaban J connectivity index is 1.45. The van der Waals surface area contributed by atoms with Gasteiger partial charge in [-0.2, -0.15) is 9.61 Å². The van der Waals surface area contributed by atoms with Gasteiger partial charge in [0.2, 0.25) is 0 Å². The maximum Gasteiger partial charge on any atom is 0.258 e. The van der Waals surface area contributed by atoms with E-state index in [1.54, 1.807) is 18.2 Å². The molecule has 10 nitrogen and oxygen atoms in total. The second-order valence-corrected chi connectivity index (χ2v) is 10.7. The van der Waals surface area contributed by atoms with Gasteiger partial charge in [0.1, 0.15) is 24.0 Å². The highest BCUT2D eigenvalue weighted by atomic mass is 35.5. The lowest BCUT2D eigenvalue weighted by molar-refractivity contribution is 0.0597. The largest absolute Gasteiger partial charge is 0.490 e. The zero-order valence-corrected chi connectivity index (χ0v) is 22.4. The Kier molecular flexibility index (Phi) is 7.03. The number of rotatable bonds is 1. The van der Waals surface area contributed by atoms with E-state index < -0.39 is 0 Å². The molecule has 2 atom stereocenters. The number of hydrogen-bond donors (Lipinski definition) is 2. The molecule has 1 aromatic carbocycles. The van der Waals surface area contributed by atoms with Gasteiger partial charge in [-0.15, -0.1) is 0 Å². The molecule has 2 bridgehead atoms. The van der Waals surface area contributed by atoms with Crippen molar-refractivity contribution in [3.8, 4) is 5.75 Å². The SMILES string of the molecule is Cc1c(N2CCC(N)C2)nc2cc3nn2c1NCCOCCOc1ccc(Cl)cc1C(=O)N1CCCCC31. The standard InChI is InChI=1S/C27H34ClN7O3/c1-17-25-30-8-11-37-12-13-38-23-6-5-18(28)14-20(23)27(36)34-9-3-2-4-22(34)21-15-24(35(25)32-21)31-26(17)33-10-7-19(29)16-33/h5-6,14-15,19,22,30H,2-4,7-13,16,29H2,1H3. The number of aromatic nitrogens is 3. The third-order valence-electron chi connectivity index (χ3n) is 7.66. The van der Waals surface area contributed by atoms with Crippen LogP contribution in [-0.2, 0) is 4.74 Å². The Morgan fingerprint density at radius 2 is 2.03 bits per heavy atom. The highest BCUT2D eigenvalue weighted by Gasteiger charge is 2.33. The second-order valence-electron chi connectivity index (χ2n) is 10.3. The zero-order valence-electron chi connectivity index (χ0n) is 21.7. The van der Waals surface area contributed by atoms with E-state index in [1.165, 1.54) is 0 Å². The number of amides is 1. The summed E-state index contributed by atoms with van der Waals surface area (Å²) >= 11 is 6.31. The molecule has 0 aliphatic carbocycles. The average Bonchev–Trinajstić information content (AvgIpc) is 3.54. The first-order valence-corrected chi connectivity index (χ1v) is 13.8. The van der Waals surface area contributed by atoms with Crippen molar-refractivity contribution in [2.45, 2.75) is 44.7 Å². The van der Waals surface area contributed by atoms with Crippen molar-refractivity contribution in [2.24, 2.45) is 5.73 Å². The molecule has 2 unspecified atom stereocenters. The van der Waals surface area contributed by atoms with Crippen molar-refractivity contribution >= 4 is 34.8 Å². The molecule has 2 saturated heterocycles. The summed E-state index contributed by atoms with van der Waals surface area (Å²) in [5, 5.41) is 9.05. The molecule has 2 fully saturated rings. The van der Waals surface area contributed by atoms with Crippen molar-refractivity contribution in [3.05, 3.63) is 46.1 Å². The number of anilines is 2. The minimum Gasteiger partial charge on any atom is -0.490 e. The number of fused-ring (bicyclic) bond motifs is 4. The first-order chi connectivity index (χ1) is 18.5. The number of ether oxygens (including phenoxy) is 2. The topological polar surface area (TPSA) is 110 Å². The van der Waals surface area contributed by atoms with Gasteiger partial charge in [0.25, 0.3) is 5.91 Å². The lowest BCUT2D eigenvalue weighted by Crippen LogP contribution is -2.39. The van der Waals surface area contributed by atoms with Crippen molar-refractivity contribution in [2.75, 3.05) is 56.2 Å². The summed E-state index contributed by atoms with van der Waals surface area (Å²) in [7, 11) is 0. The first-order valence-electron chi connectivity index (χ1n) is 13.5. The van der Waals surface area contributed by atoms with Gasteiger partial charge in [-0.25, -0.2) is 4.98 Å². The minimum atomic E-state index is -0.169. The van der Waals surface area contributed by atoms with Crippen LogP contribution in [0, 0.1) is 6.92 Å². The number of benzene rings is 1. The highest BCUT2D eigenvalue weighted by Crippen LogP contribution is 2.36. The zero-order chi connectivity index (χ0) is 26.2. The molecular formula is C27H34ClN7O3. The number of nitrogens with one attached hydrogen (secondary N) is 1. The summed E-state index contributed by atoms with van der Waals surface area (Å²) in [5.41, 5.74) is 9.28. The van der Waals surface area contributed by atoms with Gasteiger partial charge in [0.15, 0.2) is 5.65 Å². The Hall–Kier alpha value is -3.08. The van der Waals surface area contributed by atoms with Crippen molar-refractivity contribution in [1.82, 2.24) is 19.5 Å². The summed E-state index contributed by atoms with van der Waals surface area (Å²) in [6.07, 6.45) is 3.73. The quantitative estimate of drug-likeness (QED) is 0.484. The van der Waals surface area contributed by atoms with E-state index >= 15 is 0 Å². The van der Waals surface area contributed by atoms with E-state index in [9.17, 15) is 4.79 Å². The Morgan fingerprint density at radius 1 is 1.13 bits per heavy atom. The second kappa shape index (κ2) is 10.6. The predicted octanol–water partition coefficient (Wildman–Crippen LogP) is 3.42. The molecule has 2 aromatic heterocycles. The Morgan fingerprint density at radius 3 is 2.87 bits per heavy atom. The van der Waals surface area contributed by atoms with Crippen LogP contribution in [0.1, 0.15) is 53.3 Å². The van der Waals surface area contributed by atoms with Crippen molar-refractivity contribution < 1.29 is 14.3 Å². The van der Waals surface area contributed by atoms with Gasteiger partial charge in [0, 0.05) is 48.9 Å². The molecule has 0 radical (unpaired) electrons. The van der Waals surface area contributed by atoms with Gasteiger partial charge >= 0.3 is 0 Å². The van der Waals surface area contributed by atoms with Gasteiger partial charge in [0.05, 0.1) is 30.5 Å². The first kappa shape index (κ1) is 25.2. The van der Waals surface area contributed by atoms with E-state index in [1.807, 2.05) is 15.5 Å². The van der Waals surface area contributed by atoms with E-state index in [0.717, 1.165) is 67.3 Å².